The minimum atomic E-state index is -0.254. The van der Waals surface area contributed by atoms with Crippen LogP contribution in [0.2, 0.25) is 5.02 Å². The van der Waals surface area contributed by atoms with Crippen LogP contribution in [0.1, 0.15) is 31.4 Å². The highest BCUT2D eigenvalue weighted by Crippen LogP contribution is 2.24. The Hall–Kier alpha value is -1.29. The van der Waals surface area contributed by atoms with Crippen LogP contribution in [-0.4, -0.2) is 6.04 Å². The lowest BCUT2D eigenvalue weighted by atomic mass is 10.1. The van der Waals surface area contributed by atoms with Gasteiger partial charge in [-0.1, -0.05) is 36.7 Å². The van der Waals surface area contributed by atoms with Gasteiger partial charge in [-0.2, -0.15) is 0 Å². The molecule has 2 aromatic rings. The molecule has 0 bridgehead atoms. The Balaban J connectivity index is 0.00000264. The molecule has 2 aromatic carbocycles. The summed E-state index contributed by atoms with van der Waals surface area (Å²) in [6, 6.07) is 12.5. The summed E-state index contributed by atoms with van der Waals surface area (Å²) in [4.78, 5) is 0. The molecular formula is C18H22Cl2FNO. The SMILES string of the molecule is CCC(C)NCc1cc(Cl)ccc1OCc1ccccc1F.Cl. The summed E-state index contributed by atoms with van der Waals surface area (Å²) >= 11 is 6.07. The molecule has 1 unspecified atom stereocenters. The van der Waals surface area contributed by atoms with Crippen LogP contribution in [0.4, 0.5) is 4.39 Å². The van der Waals surface area contributed by atoms with Crippen molar-refractivity contribution in [2.45, 2.75) is 39.5 Å². The largest absolute Gasteiger partial charge is 0.488 e. The first-order valence-corrected chi connectivity index (χ1v) is 7.86. The van der Waals surface area contributed by atoms with Crippen molar-refractivity contribution in [2.24, 2.45) is 0 Å². The van der Waals surface area contributed by atoms with Gasteiger partial charge in [-0.15, -0.1) is 12.4 Å². The van der Waals surface area contributed by atoms with E-state index in [9.17, 15) is 4.39 Å². The lowest BCUT2D eigenvalue weighted by Gasteiger charge is -2.15. The molecule has 0 aliphatic carbocycles. The van der Waals surface area contributed by atoms with Crippen LogP contribution in [0.25, 0.3) is 0 Å². The average molecular weight is 358 g/mol. The van der Waals surface area contributed by atoms with Crippen LogP contribution >= 0.6 is 24.0 Å². The first-order chi connectivity index (χ1) is 10.6. The lowest BCUT2D eigenvalue weighted by molar-refractivity contribution is 0.295. The molecule has 2 rings (SSSR count). The third-order valence-electron chi connectivity index (χ3n) is 3.62. The van der Waals surface area contributed by atoms with Crippen LogP contribution < -0.4 is 10.1 Å². The fourth-order valence-corrected chi connectivity index (χ4v) is 2.22. The molecule has 0 radical (unpaired) electrons. The molecule has 0 saturated heterocycles. The number of halogens is 3. The van der Waals surface area contributed by atoms with E-state index in [4.69, 9.17) is 16.3 Å². The molecule has 0 aliphatic rings. The molecule has 23 heavy (non-hydrogen) atoms. The fourth-order valence-electron chi connectivity index (χ4n) is 2.03. The van der Waals surface area contributed by atoms with E-state index in [1.54, 1.807) is 24.3 Å². The Morgan fingerprint density at radius 1 is 1.17 bits per heavy atom. The van der Waals surface area contributed by atoms with E-state index in [-0.39, 0.29) is 24.8 Å². The minimum absolute atomic E-state index is 0. The molecule has 2 nitrogen and oxygen atoms in total. The van der Waals surface area contributed by atoms with E-state index in [2.05, 4.69) is 19.2 Å². The van der Waals surface area contributed by atoms with Crippen LogP contribution in [0.15, 0.2) is 42.5 Å². The van der Waals surface area contributed by atoms with E-state index in [0.717, 1.165) is 17.7 Å². The summed E-state index contributed by atoms with van der Waals surface area (Å²) in [5.41, 5.74) is 1.52. The maximum atomic E-state index is 13.6. The van der Waals surface area contributed by atoms with Crippen LogP contribution in [0.5, 0.6) is 5.75 Å². The maximum Gasteiger partial charge on any atom is 0.129 e. The van der Waals surface area contributed by atoms with Gasteiger partial charge in [0, 0.05) is 28.7 Å². The molecule has 0 spiro atoms. The second kappa shape index (κ2) is 9.76. The second-order valence-corrected chi connectivity index (χ2v) is 5.76. The van der Waals surface area contributed by atoms with Gasteiger partial charge in [-0.25, -0.2) is 4.39 Å². The summed E-state index contributed by atoms with van der Waals surface area (Å²) in [5.74, 6) is 0.471. The Labute approximate surface area is 148 Å². The molecule has 0 heterocycles. The molecule has 126 valence electrons. The van der Waals surface area contributed by atoms with Crippen molar-refractivity contribution in [3.63, 3.8) is 0 Å². The van der Waals surface area contributed by atoms with Crippen molar-refractivity contribution >= 4 is 24.0 Å². The van der Waals surface area contributed by atoms with E-state index >= 15 is 0 Å². The third kappa shape index (κ3) is 6.02. The average Bonchev–Trinajstić information content (AvgIpc) is 2.53. The van der Waals surface area contributed by atoms with Gasteiger partial charge in [-0.3, -0.25) is 0 Å². The van der Waals surface area contributed by atoms with Crippen LogP contribution in [0.3, 0.4) is 0 Å². The summed E-state index contributed by atoms with van der Waals surface area (Å²) in [7, 11) is 0. The monoisotopic (exact) mass is 357 g/mol. The van der Waals surface area contributed by atoms with Gasteiger partial charge < -0.3 is 10.1 Å². The number of hydrogen-bond donors (Lipinski definition) is 1. The number of ether oxygens (including phenoxy) is 1. The summed E-state index contributed by atoms with van der Waals surface area (Å²) in [6.45, 7) is 5.13. The smallest absolute Gasteiger partial charge is 0.129 e. The third-order valence-corrected chi connectivity index (χ3v) is 3.85. The number of hydrogen-bond acceptors (Lipinski definition) is 2. The van der Waals surface area contributed by atoms with Crippen molar-refractivity contribution in [3.05, 3.63) is 64.4 Å². The Morgan fingerprint density at radius 2 is 1.91 bits per heavy atom. The predicted molar refractivity (Wildman–Crippen MR) is 96.0 cm³/mol. The van der Waals surface area contributed by atoms with E-state index in [1.165, 1.54) is 6.07 Å². The number of benzene rings is 2. The van der Waals surface area contributed by atoms with E-state index < -0.39 is 0 Å². The Morgan fingerprint density at radius 3 is 2.61 bits per heavy atom. The highest BCUT2D eigenvalue weighted by Gasteiger charge is 2.08. The van der Waals surface area contributed by atoms with Crippen LogP contribution in [-0.2, 0) is 13.2 Å². The molecule has 5 heteroatoms. The predicted octanol–water partition coefficient (Wildman–Crippen LogP) is 5.37. The Bertz CT molecular complexity index is 622. The molecule has 0 aliphatic heterocycles. The normalized spacial score (nSPS) is 11.7. The quantitative estimate of drug-likeness (QED) is 0.719. The van der Waals surface area contributed by atoms with Crippen molar-refractivity contribution in [1.82, 2.24) is 5.32 Å². The first-order valence-electron chi connectivity index (χ1n) is 7.48. The maximum absolute atomic E-state index is 13.6. The highest BCUT2D eigenvalue weighted by molar-refractivity contribution is 6.30. The molecule has 0 amide bonds. The summed E-state index contributed by atoms with van der Waals surface area (Å²) in [6.07, 6.45) is 1.05. The zero-order valence-corrected chi connectivity index (χ0v) is 14.9. The number of nitrogens with one attached hydrogen (secondary N) is 1. The van der Waals surface area contributed by atoms with Gasteiger partial charge in [-0.05, 0) is 37.6 Å². The first kappa shape index (κ1) is 19.8. The molecule has 1 N–H and O–H groups in total. The molecular weight excluding hydrogens is 336 g/mol. The van der Waals surface area contributed by atoms with Crippen molar-refractivity contribution in [3.8, 4) is 5.75 Å². The van der Waals surface area contributed by atoms with Gasteiger partial charge in [0.25, 0.3) is 0 Å². The van der Waals surface area contributed by atoms with E-state index in [0.29, 0.717) is 23.2 Å². The molecule has 1 atom stereocenters. The van der Waals surface area contributed by atoms with Crippen molar-refractivity contribution in [1.29, 1.82) is 0 Å². The topological polar surface area (TPSA) is 21.3 Å². The molecule has 0 aromatic heterocycles. The van der Waals surface area contributed by atoms with Gasteiger partial charge in [0.2, 0.25) is 0 Å². The van der Waals surface area contributed by atoms with E-state index in [1.807, 2.05) is 12.1 Å². The summed E-state index contributed by atoms with van der Waals surface area (Å²) in [5, 5.41) is 4.08. The van der Waals surface area contributed by atoms with Gasteiger partial charge in [0.15, 0.2) is 0 Å². The Kier molecular flexibility index (Phi) is 8.38. The van der Waals surface area contributed by atoms with Crippen molar-refractivity contribution < 1.29 is 9.13 Å². The fraction of sp³-hybridized carbons (Fsp3) is 0.333. The van der Waals surface area contributed by atoms with Gasteiger partial charge >= 0.3 is 0 Å². The minimum Gasteiger partial charge on any atom is -0.488 e. The van der Waals surface area contributed by atoms with Gasteiger partial charge in [0.1, 0.15) is 18.2 Å². The molecule has 0 fully saturated rings. The molecule has 0 saturated carbocycles. The van der Waals surface area contributed by atoms with Crippen molar-refractivity contribution in [2.75, 3.05) is 0 Å². The second-order valence-electron chi connectivity index (χ2n) is 5.32. The summed E-state index contributed by atoms with van der Waals surface area (Å²) < 4.78 is 19.4. The number of rotatable bonds is 7. The van der Waals surface area contributed by atoms with Gasteiger partial charge in [0.05, 0.1) is 0 Å². The highest BCUT2D eigenvalue weighted by atomic mass is 35.5. The standard InChI is InChI=1S/C18H21ClFNO.ClH/c1-3-13(2)21-11-15-10-16(19)8-9-18(15)22-12-14-6-4-5-7-17(14)20;/h4-10,13,21H,3,11-12H2,1-2H3;1H. The van der Waals surface area contributed by atoms with Crippen LogP contribution in [0, 0.1) is 5.82 Å². The zero-order chi connectivity index (χ0) is 15.9. The zero-order valence-electron chi connectivity index (χ0n) is 13.3. The lowest BCUT2D eigenvalue weighted by Crippen LogP contribution is -2.24.